The lowest BCUT2D eigenvalue weighted by molar-refractivity contribution is -0.143. The van der Waals surface area contributed by atoms with Gasteiger partial charge in [0.1, 0.15) is 6.54 Å². The fourth-order valence-electron chi connectivity index (χ4n) is 3.67. The summed E-state index contributed by atoms with van der Waals surface area (Å²) in [5, 5.41) is 6.83. The lowest BCUT2D eigenvalue weighted by Crippen LogP contribution is -2.44. The van der Waals surface area contributed by atoms with E-state index in [0.29, 0.717) is 24.6 Å². The molecule has 166 valence electrons. The molecule has 0 saturated carbocycles. The number of rotatable bonds is 8. The number of carbonyl (C=O) groups is 2. The number of nitrogens with zero attached hydrogens (tertiary/aromatic N) is 4. The van der Waals surface area contributed by atoms with Crippen LogP contribution in [0.3, 0.4) is 0 Å². The molecule has 1 aromatic carbocycles. The summed E-state index contributed by atoms with van der Waals surface area (Å²) in [7, 11) is 3.53. The second-order valence-corrected chi connectivity index (χ2v) is 8.40. The number of halogens is 1. The quantitative estimate of drug-likeness (QED) is 0.626. The average molecular weight is 445 g/mol. The molecule has 0 aliphatic carbocycles. The Morgan fingerprint density at radius 3 is 2.55 bits per heavy atom. The van der Waals surface area contributed by atoms with Crippen molar-refractivity contribution in [3.8, 4) is 0 Å². The molecule has 1 aromatic heterocycles. The van der Waals surface area contributed by atoms with Crippen LogP contribution in [-0.2, 0) is 21.4 Å². The number of hydrazone groups is 1. The third-order valence-electron chi connectivity index (χ3n) is 5.36. The number of carbonyl (C=O) groups excluding carboxylic acids is 2. The van der Waals surface area contributed by atoms with Crippen LogP contribution in [0.15, 0.2) is 47.7 Å². The van der Waals surface area contributed by atoms with Gasteiger partial charge in [-0.2, -0.15) is 5.10 Å². The molecular formula is C23H29ClN4O3. The zero-order chi connectivity index (χ0) is 22.5. The van der Waals surface area contributed by atoms with Gasteiger partial charge in [-0.1, -0.05) is 37.6 Å². The van der Waals surface area contributed by atoms with Crippen LogP contribution in [0.4, 0.5) is 0 Å². The molecule has 0 saturated heterocycles. The van der Waals surface area contributed by atoms with Crippen molar-refractivity contribution in [3.63, 3.8) is 0 Å². The van der Waals surface area contributed by atoms with E-state index in [4.69, 9.17) is 16.3 Å². The Labute approximate surface area is 188 Å². The van der Waals surface area contributed by atoms with E-state index in [9.17, 15) is 9.59 Å². The van der Waals surface area contributed by atoms with Crippen molar-refractivity contribution in [2.45, 2.75) is 26.3 Å². The van der Waals surface area contributed by atoms with E-state index in [2.05, 4.69) is 5.10 Å². The van der Waals surface area contributed by atoms with E-state index in [1.807, 2.05) is 68.1 Å². The Balaban J connectivity index is 1.89. The summed E-state index contributed by atoms with van der Waals surface area (Å²) < 4.78 is 7.11. The lowest BCUT2D eigenvalue weighted by atomic mass is 10.0. The van der Waals surface area contributed by atoms with Crippen LogP contribution in [-0.4, -0.2) is 58.8 Å². The van der Waals surface area contributed by atoms with E-state index in [0.717, 1.165) is 17.0 Å². The first-order valence-electron chi connectivity index (χ1n) is 10.4. The second kappa shape index (κ2) is 10.1. The Bertz CT molecular complexity index is 952. The van der Waals surface area contributed by atoms with E-state index in [1.54, 1.807) is 12.0 Å². The predicted octanol–water partition coefficient (Wildman–Crippen LogP) is 3.49. The van der Waals surface area contributed by atoms with Gasteiger partial charge in [0.2, 0.25) is 5.91 Å². The standard InChI is InChI=1S/C23H29ClN4O3/c1-16(2)23(30)27(12-13-31-4)15-22(29)28-21(17-7-9-18(24)10-8-17)14-19(25-28)20-6-5-11-26(20)3/h5-11,16,21H,12-15H2,1-4H3/t21-/m0/s1. The number of ether oxygens (including phenoxy) is 1. The molecule has 0 bridgehead atoms. The molecule has 2 amide bonds. The maximum atomic E-state index is 13.3. The number of aryl methyl sites for hydroxylation is 1. The minimum atomic E-state index is -0.256. The second-order valence-electron chi connectivity index (χ2n) is 7.97. The summed E-state index contributed by atoms with van der Waals surface area (Å²) in [5.41, 5.74) is 2.74. The van der Waals surface area contributed by atoms with Crippen LogP contribution in [0, 0.1) is 5.92 Å². The first kappa shape index (κ1) is 23.0. The molecule has 0 unspecified atom stereocenters. The Kier molecular flexibility index (Phi) is 7.51. The number of benzene rings is 1. The van der Waals surface area contributed by atoms with Gasteiger partial charge >= 0.3 is 0 Å². The molecule has 2 heterocycles. The van der Waals surface area contributed by atoms with Crippen molar-refractivity contribution < 1.29 is 14.3 Å². The van der Waals surface area contributed by atoms with Crippen LogP contribution < -0.4 is 0 Å². The molecule has 0 spiro atoms. The van der Waals surface area contributed by atoms with Gasteiger partial charge in [0.25, 0.3) is 5.91 Å². The summed E-state index contributed by atoms with van der Waals surface area (Å²) in [6.07, 6.45) is 2.54. The molecule has 2 aromatic rings. The minimum absolute atomic E-state index is 0.0472. The van der Waals surface area contributed by atoms with E-state index in [1.165, 1.54) is 5.01 Å². The zero-order valence-electron chi connectivity index (χ0n) is 18.4. The maximum Gasteiger partial charge on any atom is 0.262 e. The van der Waals surface area contributed by atoms with Crippen LogP contribution in [0.5, 0.6) is 0 Å². The van der Waals surface area contributed by atoms with Gasteiger partial charge in [-0.25, -0.2) is 5.01 Å². The number of aromatic nitrogens is 1. The van der Waals surface area contributed by atoms with Gasteiger partial charge in [-0.3, -0.25) is 9.59 Å². The Morgan fingerprint density at radius 1 is 1.26 bits per heavy atom. The molecule has 7 nitrogen and oxygen atoms in total. The van der Waals surface area contributed by atoms with Crippen LogP contribution in [0.2, 0.25) is 5.02 Å². The number of hydrogen-bond donors (Lipinski definition) is 0. The van der Waals surface area contributed by atoms with Gasteiger partial charge in [-0.05, 0) is 29.8 Å². The van der Waals surface area contributed by atoms with Crippen molar-refractivity contribution >= 4 is 29.1 Å². The first-order chi connectivity index (χ1) is 14.8. The van der Waals surface area contributed by atoms with Gasteiger partial charge in [0.05, 0.1) is 24.1 Å². The van der Waals surface area contributed by atoms with E-state index >= 15 is 0 Å². The van der Waals surface area contributed by atoms with Crippen molar-refractivity contribution in [1.29, 1.82) is 0 Å². The summed E-state index contributed by atoms with van der Waals surface area (Å²) in [6.45, 7) is 4.32. The third-order valence-corrected chi connectivity index (χ3v) is 5.61. The highest BCUT2D eigenvalue weighted by Crippen LogP contribution is 2.33. The van der Waals surface area contributed by atoms with Gasteiger partial charge in [0, 0.05) is 44.3 Å². The normalized spacial score (nSPS) is 16.0. The summed E-state index contributed by atoms with van der Waals surface area (Å²) in [6, 6.07) is 11.1. The van der Waals surface area contributed by atoms with Crippen LogP contribution in [0.1, 0.15) is 37.6 Å². The van der Waals surface area contributed by atoms with Crippen molar-refractivity contribution in [2.24, 2.45) is 18.1 Å². The molecule has 31 heavy (non-hydrogen) atoms. The van der Waals surface area contributed by atoms with Crippen molar-refractivity contribution in [3.05, 3.63) is 58.9 Å². The molecule has 1 aliphatic rings. The highest BCUT2D eigenvalue weighted by Gasteiger charge is 2.35. The van der Waals surface area contributed by atoms with Gasteiger partial charge in [0.15, 0.2) is 0 Å². The monoisotopic (exact) mass is 444 g/mol. The minimum Gasteiger partial charge on any atom is -0.383 e. The lowest BCUT2D eigenvalue weighted by Gasteiger charge is -2.28. The summed E-state index contributed by atoms with van der Waals surface area (Å²) in [5.74, 6) is -0.522. The molecule has 1 aliphatic heterocycles. The van der Waals surface area contributed by atoms with E-state index in [-0.39, 0.29) is 30.3 Å². The molecule has 0 radical (unpaired) electrons. The average Bonchev–Trinajstić information content (AvgIpc) is 3.37. The molecular weight excluding hydrogens is 416 g/mol. The smallest absolute Gasteiger partial charge is 0.262 e. The van der Waals surface area contributed by atoms with Crippen molar-refractivity contribution in [1.82, 2.24) is 14.5 Å². The topological polar surface area (TPSA) is 67.1 Å². The van der Waals surface area contributed by atoms with E-state index < -0.39 is 0 Å². The van der Waals surface area contributed by atoms with Gasteiger partial charge < -0.3 is 14.2 Å². The Hall–Kier alpha value is -2.64. The van der Waals surface area contributed by atoms with Crippen molar-refractivity contribution in [2.75, 3.05) is 26.8 Å². The maximum absolute atomic E-state index is 13.3. The molecule has 0 N–H and O–H groups in total. The highest BCUT2D eigenvalue weighted by molar-refractivity contribution is 6.30. The summed E-state index contributed by atoms with van der Waals surface area (Å²) >= 11 is 6.06. The number of methoxy groups -OCH3 is 1. The Morgan fingerprint density at radius 2 is 1.97 bits per heavy atom. The third kappa shape index (κ3) is 5.35. The molecule has 3 rings (SSSR count). The molecule has 8 heteroatoms. The predicted molar refractivity (Wildman–Crippen MR) is 121 cm³/mol. The summed E-state index contributed by atoms with van der Waals surface area (Å²) in [4.78, 5) is 27.5. The molecule has 0 fully saturated rings. The molecule has 1 atom stereocenters. The zero-order valence-corrected chi connectivity index (χ0v) is 19.2. The first-order valence-corrected chi connectivity index (χ1v) is 10.7. The number of amides is 2. The SMILES string of the molecule is COCCN(CC(=O)N1N=C(c2cccn2C)C[C@H]1c1ccc(Cl)cc1)C(=O)C(C)C. The van der Waals surface area contributed by atoms with Crippen LogP contribution in [0.25, 0.3) is 0 Å². The fraction of sp³-hybridized carbons (Fsp3) is 0.435. The van der Waals surface area contributed by atoms with Gasteiger partial charge in [-0.15, -0.1) is 0 Å². The fourth-order valence-corrected chi connectivity index (χ4v) is 3.80. The largest absolute Gasteiger partial charge is 0.383 e. The van der Waals surface area contributed by atoms with Crippen LogP contribution >= 0.6 is 11.6 Å². The highest BCUT2D eigenvalue weighted by atomic mass is 35.5. The number of hydrogen-bond acceptors (Lipinski definition) is 4.